The van der Waals surface area contributed by atoms with Gasteiger partial charge in [0, 0.05) is 13.0 Å². The van der Waals surface area contributed by atoms with Crippen LogP contribution in [0.5, 0.6) is 0 Å². The van der Waals surface area contributed by atoms with E-state index in [4.69, 9.17) is 16.3 Å². The maximum atomic E-state index is 13.4. The number of hydrogen-bond acceptors (Lipinski definition) is 3. The Balaban J connectivity index is 1.70. The van der Waals surface area contributed by atoms with Crippen LogP contribution in [0.15, 0.2) is 42.6 Å². The van der Waals surface area contributed by atoms with E-state index < -0.39 is 11.9 Å². The van der Waals surface area contributed by atoms with Crippen molar-refractivity contribution in [1.82, 2.24) is 10.3 Å². The molecule has 1 aromatic carbocycles. The van der Waals surface area contributed by atoms with Crippen LogP contribution in [0.25, 0.3) is 0 Å². The minimum Gasteiger partial charge on any atom is -0.445 e. The average molecular weight is 333 g/mol. The molecule has 1 N–H and O–H groups in total. The molecular weight excluding hydrogens is 319 g/mol. The van der Waals surface area contributed by atoms with E-state index in [0.29, 0.717) is 13.0 Å². The summed E-state index contributed by atoms with van der Waals surface area (Å²) in [5.41, 5.74) is 1.09. The van der Waals surface area contributed by atoms with Gasteiger partial charge in [-0.05, 0) is 11.6 Å². The number of carbonyl (C=O) groups is 1. The molecule has 1 amide bonds. The highest BCUT2D eigenvalue weighted by Crippen LogP contribution is 2.10. The normalized spacial score (nSPS) is 9.65. The van der Waals surface area contributed by atoms with E-state index in [9.17, 15) is 9.18 Å². The number of ether oxygens (including phenoxy) is 1. The molecule has 0 bridgehead atoms. The SMILES string of the molecule is O=C(NCCC#Cc1cc(Cl)ncc1F)OCc1ccccc1. The number of halogens is 2. The number of carbonyl (C=O) groups excluding carboxylic acids is 1. The number of benzene rings is 1. The van der Waals surface area contributed by atoms with Gasteiger partial charge in [0.05, 0.1) is 11.8 Å². The van der Waals surface area contributed by atoms with Crippen molar-refractivity contribution < 1.29 is 13.9 Å². The van der Waals surface area contributed by atoms with Crippen molar-refractivity contribution in [3.05, 3.63) is 64.7 Å². The molecular formula is C17H14ClFN2O2. The zero-order valence-electron chi connectivity index (χ0n) is 12.2. The predicted molar refractivity (Wildman–Crippen MR) is 85.3 cm³/mol. The fraction of sp³-hybridized carbons (Fsp3) is 0.176. The highest BCUT2D eigenvalue weighted by Gasteiger charge is 2.02. The lowest BCUT2D eigenvalue weighted by atomic mass is 10.2. The number of hydrogen-bond donors (Lipinski definition) is 1. The number of nitrogens with one attached hydrogen (secondary N) is 1. The van der Waals surface area contributed by atoms with Crippen LogP contribution in [0, 0.1) is 17.7 Å². The van der Waals surface area contributed by atoms with Crippen LogP contribution in [0.3, 0.4) is 0 Å². The van der Waals surface area contributed by atoms with Crippen molar-refractivity contribution in [2.45, 2.75) is 13.0 Å². The predicted octanol–water partition coefficient (Wildman–Crippen LogP) is 3.54. The molecule has 0 spiro atoms. The smallest absolute Gasteiger partial charge is 0.407 e. The Kier molecular flexibility index (Phi) is 6.40. The second-order valence-corrected chi connectivity index (χ2v) is 4.91. The van der Waals surface area contributed by atoms with Crippen molar-refractivity contribution in [1.29, 1.82) is 0 Å². The highest BCUT2D eigenvalue weighted by atomic mass is 35.5. The van der Waals surface area contributed by atoms with Crippen LogP contribution in [-0.2, 0) is 11.3 Å². The van der Waals surface area contributed by atoms with Crippen LogP contribution in [-0.4, -0.2) is 17.6 Å². The minimum absolute atomic E-state index is 0.177. The van der Waals surface area contributed by atoms with Crippen molar-refractivity contribution >= 4 is 17.7 Å². The van der Waals surface area contributed by atoms with Crippen molar-refractivity contribution in [2.75, 3.05) is 6.54 Å². The number of rotatable bonds is 4. The largest absolute Gasteiger partial charge is 0.445 e. The van der Waals surface area contributed by atoms with Gasteiger partial charge in [-0.25, -0.2) is 14.2 Å². The molecule has 0 aliphatic rings. The summed E-state index contributed by atoms with van der Waals surface area (Å²) >= 11 is 5.66. The number of alkyl carbamates (subject to hydrolysis) is 1. The first kappa shape index (κ1) is 16.8. The van der Waals surface area contributed by atoms with Gasteiger partial charge in [0.15, 0.2) is 5.82 Å². The van der Waals surface area contributed by atoms with Gasteiger partial charge in [0.1, 0.15) is 11.8 Å². The molecule has 0 aliphatic heterocycles. The molecule has 1 aromatic heterocycles. The van der Waals surface area contributed by atoms with Crippen LogP contribution in [0.2, 0.25) is 5.15 Å². The summed E-state index contributed by atoms with van der Waals surface area (Å²) in [6.07, 6.45) is 0.861. The lowest BCUT2D eigenvalue weighted by Gasteiger charge is -2.05. The maximum absolute atomic E-state index is 13.4. The molecule has 0 saturated carbocycles. The molecule has 4 nitrogen and oxygen atoms in total. The molecule has 6 heteroatoms. The standard InChI is InChI=1S/C17H14ClFN2O2/c18-16-10-14(15(19)11-21-16)8-4-5-9-20-17(22)23-12-13-6-2-1-3-7-13/h1-3,6-7,10-11H,5,9,12H2,(H,20,22). The average Bonchev–Trinajstić information content (AvgIpc) is 2.56. The highest BCUT2D eigenvalue weighted by molar-refractivity contribution is 6.29. The quantitative estimate of drug-likeness (QED) is 0.529. The third-order valence-corrected chi connectivity index (χ3v) is 2.98. The van der Waals surface area contributed by atoms with E-state index in [1.54, 1.807) is 0 Å². The topological polar surface area (TPSA) is 51.2 Å². The molecule has 0 radical (unpaired) electrons. The second-order valence-electron chi connectivity index (χ2n) is 4.53. The summed E-state index contributed by atoms with van der Waals surface area (Å²) in [6.45, 7) is 0.514. The maximum Gasteiger partial charge on any atom is 0.407 e. The van der Waals surface area contributed by atoms with E-state index in [2.05, 4.69) is 22.1 Å². The molecule has 2 aromatic rings. The number of amides is 1. The Morgan fingerprint density at radius 1 is 1.35 bits per heavy atom. The Morgan fingerprint density at radius 2 is 2.13 bits per heavy atom. The zero-order chi connectivity index (χ0) is 16.5. The first-order chi connectivity index (χ1) is 11.1. The van der Waals surface area contributed by atoms with Crippen molar-refractivity contribution in [3.8, 4) is 11.8 Å². The Bertz CT molecular complexity index is 726. The van der Waals surface area contributed by atoms with E-state index >= 15 is 0 Å². The summed E-state index contributed by atoms with van der Waals surface area (Å²) in [6, 6.07) is 10.7. The van der Waals surface area contributed by atoms with Gasteiger partial charge in [-0.15, -0.1) is 0 Å². The zero-order valence-corrected chi connectivity index (χ0v) is 12.9. The Morgan fingerprint density at radius 3 is 2.91 bits per heavy atom. The summed E-state index contributed by atoms with van der Waals surface area (Å²) in [5, 5.41) is 2.75. The van der Waals surface area contributed by atoms with Gasteiger partial charge in [-0.2, -0.15) is 0 Å². The minimum atomic E-state index is -0.530. The van der Waals surface area contributed by atoms with Gasteiger partial charge in [-0.3, -0.25) is 0 Å². The number of nitrogens with zero attached hydrogens (tertiary/aromatic N) is 1. The van der Waals surface area contributed by atoms with Crippen molar-refractivity contribution in [3.63, 3.8) is 0 Å². The number of aromatic nitrogens is 1. The van der Waals surface area contributed by atoms with E-state index in [0.717, 1.165) is 11.8 Å². The summed E-state index contributed by atoms with van der Waals surface area (Å²) in [7, 11) is 0. The van der Waals surface area contributed by atoms with Crippen LogP contribution < -0.4 is 5.32 Å². The molecule has 0 saturated heterocycles. The van der Waals surface area contributed by atoms with Gasteiger partial charge in [-0.1, -0.05) is 53.8 Å². The third kappa shape index (κ3) is 5.97. The van der Waals surface area contributed by atoms with Gasteiger partial charge in [0.2, 0.25) is 0 Å². The molecule has 0 unspecified atom stereocenters. The fourth-order valence-corrected chi connectivity index (χ4v) is 1.83. The molecule has 1 heterocycles. The number of pyridine rings is 1. The Hall–Kier alpha value is -2.58. The van der Waals surface area contributed by atoms with Crippen LogP contribution in [0.1, 0.15) is 17.5 Å². The lowest BCUT2D eigenvalue weighted by Crippen LogP contribution is -2.24. The fourth-order valence-electron chi connectivity index (χ4n) is 1.67. The molecule has 0 aliphatic carbocycles. The summed E-state index contributed by atoms with van der Waals surface area (Å²) in [5.74, 6) is 4.87. The first-order valence-corrected chi connectivity index (χ1v) is 7.27. The van der Waals surface area contributed by atoms with Crippen LogP contribution in [0.4, 0.5) is 9.18 Å². The second kappa shape index (κ2) is 8.76. The first-order valence-electron chi connectivity index (χ1n) is 6.89. The van der Waals surface area contributed by atoms with Gasteiger partial charge >= 0.3 is 6.09 Å². The monoisotopic (exact) mass is 332 g/mol. The molecule has 0 fully saturated rings. The molecule has 0 atom stereocenters. The summed E-state index contributed by atoms with van der Waals surface area (Å²) < 4.78 is 18.4. The van der Waals surface area contributed by atoms with Crippen LogP contribution >= 0.6 is 11.6 Å². The van der Waals surface area contributed by atoms with Crippen molar-refractivity contribution in [2.24, 2.45) is 0 Å². The van der Waals surface area contributed by atoms with E-state index in [1.807, 2.05) is 30.3 Å². The molecule has 23 heavy (non-hydrogen) atoms. The van der Waals surface area contributed by atoms with Gasteiger partial charge < -0.3 is 10.1 Å². The Labute approximate surface area is 138 Å². The lowest BCUT2D eigenvalue weighted by molar-refractivity contribution is 0.140. The third-order valence-electron chi connectivity index (χ3n) is 2.78. The summed E-state index contributed by atoms with van der Waals surface area (Å²) in [4.78, 5) is 15.1. The van der Waals surface area contributed by atoms with E-state index in [-0.39, 0.29) is 17.3 Å². The molecule has 2 rings (SSSR count). The molecule has 118 valence electrons. The van der Waals surface area contributed by atoms with Gasteiger partial charge in [0.25, 0.3) is 0 Å². The van der Waals surface area contributed by atoms with E-state index in [1.165, 1.54) is 6.07 Å².